The molecule has 0 aliphatic heterocycles. The van der Waals surface area contributed by atoms with Crippen LogP contribution >= 0.6 is 0 Å². The molecule has 0 heterocycles. The van der Waals surface area contributed by atoms with E-state index in [1.807, 2.05) is 6.92 Å². The standard InChI is InChI=1S/C15H18O5/c1-4-9-20-11-5-7-14(18-2)12(10-11)13(16)6-8-15(17)19-3/h5-8,10H,4,9H2,1-3H3/b8-6+. The first-order valence-corrected chi connectivity index (χ1v) is 6.23. The maximum absolute atomic E-state index is 12.0. The summed E-state index contributed by atoms with van der Waals surface area (Å²) in [4.78, 5) is 23.0. The second-order valence-corrected chi connectivity index (χ2v) is 3.93. The Labute approximate surface area is 118 Å². The molecular weight excluding hydrogens is 260 g/mol. The summed E-state index contributed by atoms with van der Waals surface area (Å²) in [6, 6.07) is 4.98. The molecule has 0 spiro atoms. The summed E-state index contributed by atoms with van der Waals surface area (Å²) >= 11 is 0. The van der Waals surface area contributed by atoms with E-state index in [1.165, 1.54) is 14.2 Å². The summed E-state index contributed by atoms with van der Waals surface area (Å²) in [6.07, 6.45) is 3.09. The van der Waals surface area contributed by atoms with Crippen LogP contribution in [0.25, 0.3) is 0 Å². The van der Waals surface area contributed by atoms with Gasteiger partial charge in [-0.15, -0.1) is 0 Å². The van der Waals surface area contributed by atoms with Crippen LogP contribution in [0.2, 0.25) is 0 Å². The lowest BCUT2D eigenvalue weighted by Crippen LogP contribution is -2.03. The third-order valence-corrected chi connectivity index (χ3v) is 2.48. The summed E-state index contributed by atoms with van der Waals surface area (Å²) in [5.41, 5.74) is 0.334. The van der Waals surface area contributed by atoms with E-state index in [4.69, 9.17) is 9.47 Å². The first-order chi connectivity index (χ1) is 9.62. The molecule has 1 aromatic rings. The van der Waals surface area contributed by atoms with Gasteiger partial charge in [0.25, 0.3) is 0 Å². The van der Waals surface area contributed by atoms with Crippen molar-refractivity contribution in [3.63, 3.8) is 0 Å². The number of methoxy groups -OCH3 is 2. The molecule has 0 saturated carbocycles. The number of hydrogen-bond donors (Lipinski definition) is 0. The fraction of sp³-hybridized carbons (Fsp3) is 0.333. The zero-order valence-electron chi connectivity index (χ0n) is 11.8. The van der Waals surface area contributed by atoms with E-state index in [9.17, 15) is 9.59 Å². The second kappa shape index (κ2) is 7.99. The van der Waals surface area contributed by atoms with E-state index < -0.39 is 5.97 Å². The largest absolute Gasteiger partial charge is 0.496 e. The van der Waals surface area contributed by atoms with Gasteiger partial charge in [-0.05, 0) is 30.7 Å². The van der Waals surface area contributed by atoms with E-state index in [1.54, 1.807) is 18.2 Å². The zero-order chi connectivity index (χ0) is 15.0. The molecular formula is C15H18O5. The van der Waals surface area contributed by atoms with Crippen LogP contribution in [-0.4, -0.2) is 32.6 Å². The van der Waals surface area contributed by atoms with Gasteiger partial charge in [0.05, 0.1) is 26.4 Å². The molecule has 5 heteroatoms. The summed E-state index contributed by atoms with van der Waals surface area (Å²) in [5, 5.41) is 0. The van der Waals surface area contributed by atoms with Crippen molar-refractivity contribution in [1.82, 2.24) is 0 Å². The van der Waals surface area contributed by atoms with Crippen LogP contribution in [0.15, 0.2) is 30.4 Å². The Hall–Kier alpha value is -2.30. The fourth-order valence-electron chi connectivity index (χ4n) is 1.49. The van der Waals surface area contributed by atoms with Crippen molar-refractivity contribution >= 4 is 11.8 Å². The predicted octanol–water partition coefficient (Wildman–Crippen LogP) is 2.40. The molecule has 0 aromatic heterocycles. The highest BCUT2D eigenvalue weighted by Crippen LogP contribution is 2.25. The van der Waals surface area contributed by atoms with Crippen molar-refractivity contribution in [2.45, 2.75) is 13.3 Å². The number of ketones is 1. The molecule has 0 unspecified atom stereocenters. The molecule has 20 heavy (non-hydrogen) atoms. The van der Waals surface area contributed by atoms with E-state index in [0.29, 0.717) is 23.7 Å². The lowest BCUT2D eigenvalue weighted by Gasteiger charge is -2.09. The van der Waals surface area contributed by atoms with E-state index in [0.717, 1.165) is 18.6 Å². The predicted molar refractivity (Wildman–Crippen MR) is 74.3 cm³/mol. The first-order valence-electron chi connectivity index (χ1n) is 6.23. The number of benzene rings is 1. The quantitative estimate of drug-likeness (QED) is 0.435. The maximum atomic E-state index is 12.0. The molecule has 0 aliphatic carbocycles. The van der Waals surface area contributed by atoms with E-state index in [-0.39, 0.29) is 5.78 Å². The van der Waals surface area contributed by atoms with Crippen molar-refractivity contribution in [1.29, 1.82) is 0 Å². The van der Waals surface area contributed by atoms with Gasteiger partial charge in [-0.1, -0.05) is 6.92 Å². The van der Waals surface area contributed by atoms with Gasteiger partial charge < -0.3 is 14.2 Å². The zero-order valence-corrected chi connectivity index (χ0v) is 11.8. The second-order valence-electron chi connectivity index (χ2n) is 3.93. The molecule has 1 aromatic carbocycles. The highest BCUT2D eigenvalue weighted by atomic mass is 16.5. The number of ether oxygens (including phenoxy) is 3. The maximum Gasteiger partial charge on any atom is 0.330 e. The van der Waals surface area contributed by atoms with Crippen LogP contribution in [0.5, 0.6) is 11.5 Å². The van der Waals surface area contributed by atoms with Crippen molar-refractivity contribution < 1.29 is 23.8 Å². The Morgan fingerprint density at radius 2 is 1.95 bits per heavy atom. The van der Waals surface area contributed by atoms with E-state index in [2.05, 4.69) is 4.74 Å². The lowest BCUT2D eigenvalue weighted by molar-refractivity contribution is -0.134. The molecule has 0 aliphatic rings. The number of esters is 1. The van der Waals surface area contributed by atoms with Gasteiger partial charge >= 0.3 is 5.97 Å². The van der Waals surface area contributed by atoms with Crippen LogP contribution in [-0.2, 0) is 9.53 Å². The Bertz CT molecular complexity index is 505. The number of allylic oxidation sites excluding steroid dienone is 1. The third-order valence-electron chi connectivity index (χ3n) is 2.48. The van der Waals surface area contributed by atoms with Gasteiger partial charge in [0.1, 0.15) is 11.5 Å². The van der Waals surface area contributed by atoms with Crippen molar-refractivity contribution in [3.05, 3.63) is 35.9 Å². The van der Waals surface area contributed by atoms with Gasteiger partial charge in [-0.25, -0.2) is 4.79 Å². The molecule has 1 rings (SSSR count). The summed E-state index contributed by atoms with van der Waals surface area (Å²) in [6.45, 7) is 2.56. The highest BCUT2D eigenvalue weighted by molar-refractivity contribution is 6.08. The monoisotopic (exact) mass is 278 g/mol. The SMILES string of the molecule is CCCOc1ccc(OC)c(C(=O)/C=C/C(=O)OC)c1. The van der Waals surface area contributed by atoms with Gasteiger partial charge in [-0.3, -0.25) is 4.79 Å². The van der Waals surface area contributed by atoms with Crippen molar-refractivity contribution in [3.8, 4) is 11.5 Å². The smallest absolute Gasteiger partial charge is 0.330 e. The minimum absolute atomic E-state index is 0.334. The molecule has 0 radical (unpaired) electrons. The van der Waals surface area contributed by atoms with Crippen molar-refractivity contribution in [2.75, 3.05) is 20.8 Å². The summed E-state index contributed by atoms with van der Waals surface area (Å²) in [5.74, 6) is 0.0701. The van der Waals surface area contributed by atoms with Crippen molar-refractivity contribution in [2.24, 2.45) is 0 Å². The normalized spacial score (nSPS) is 10.3. The summed E-state index contributed by atoms with van der Waals surface area (Å²) < 4.78 is 15.0. The van der Waals surface area contributed by atoms with Gasteiger partial charge in [0, 0.05) is 6.08 Å². The minimum atomic E-state index is -0.587. The first kappa shape index (κ1) is 15.8. The lowest BCUT2D eigenvalue weighted by atomic mass is 10.1. The Kier molecular flexibility index (Phi) is 6.29. The molecule has 0 fully saturated rings. The van der Waals surface area contributed by atoms with E-state index >= 15 is 0 Å². The van der Waals surface area contributed by atoms with Crippen LogP contribution in [0.4, 0.5) is 0 Å². The molecule has 5 nitrogen and oxygen atoms in total. The van der Waals surface area contributed by atoms with Crippen LogP contribution in [0.3, 0.4) is 0 Å². The number of hydrogen-bond acceptors (Lipinski definition) is 5. The Balaban J connectivity index is 2.97. The molecule has 0 atom stereocenters. The Morgan fingerprint density at radius 1 is 1.20 bits per heavy atom. The number of rotatable bonds is 7. The number of carbonyl (C=O) groups excluding carboxylic acids is 2. The molecule has 0 saturated heterocycles. The molecule has 0 N–H and O–H groups in total. The van der Waals surface area contributed by atoms with Gasteiger partial charge in [-0.2, -0.15) is 0 Å². The van der Waals surface area contributed by atoms with Gasteiger partial charge in [0.2, 0.25) is 0 Å². The highest BCUT2D eigenvalue weighted by Gasteiger charge is 2.12. The van der Waals surface area contributed by atoms with Crippen LogP contribution in [0, 0.1) is 0 Å². The topological polar surface area (TPSA) is 61.8 Å². The summed E-state index contributed by atoms with van der Waals surface area (Å²) in [7, 11) is 2.72. The van der Waals surface area contributed by atoms with Crippen LogP contribution in [0.1, 0.15) is 23.7 Å². The third kappa shape index (κ3) is 4.42. The average molecular weight is 278 g/mol. The fourth-order valence-corrected chi connectivity index (χ4v) is 1.49. The van der Waals surface area contributed by atoms with Crippen LogP contribution < -0.4 is 9.47 Å². The number of carbonyl (C=O) groups is 2. The molecule has 0 bridgehead atoms. The molecule has 0 amide bonds. The minimum Gasteiger partial charge on any atom is -0.496 e. The molecule has 108 valence electrons. The van der Waals surface area contributed by atoms with Gasteiger partial charge in [0.15, 0.2) is 5.78 Å². The Morgan fingerprint density at radius 3 is 2.55 bits per heavy atom. The average Bonchev–Trinajstić information content (AvgIpc) is 2.49.